The third-order valence-electron chi connectivity index (χ3n) is 13.9. The van der Waals surface area contributed by atoms with Crippen molar-refractivity contribution in [2.24, 2.45) is 0 Å². The molecule has 11 rings (SSSR count). The average molecular weight is 891 g/mol. The third kappa shape index (κ3) is 7.37. The minimum absolute atomic E-state index is 0.0140. The number of para-hydroxylation sites is 2. The fourth-order valence-corrected chi connectivity index (χ4v) is 12.1. The van der Waals surface area contributed by atoms with E-state index in [4.69, 9.17) is 0 Å². The maximum absolute atomic E-state index is 2.56. The number of anilines is 6. The summed E-state index contributed by atoms with van der Waals surface area (Å²) in [6.07, 6.45) is 7.86. The molecule has 0 saturated heterocycles. The molecule has 10 aromatic carbocycles. The smallest absolute Gasteiger partial charge is 0.0647 e. The van der Waals surface area contributed by atoms with E-state index in [9.17, 15) is 0 Å². The zero-order chi connectivity index (χ0) is 45.5. The fraction of sp³-hybridized carbons (Fsp3) is 0.161. The molecular weight excluding hydrogens is 833 g/mol. The summed E-state index contributed by atoms with van der Waals surface area (Å²) in [5.41, 5.74) is 15.8. The second-order valence-corrected chi connectivity index (χ2v) is 27.5. The van der Waals surface area contributed by atoms with Gasteiger partial charge in [-0.2, -0.15) is 0 Å². The predicted octanol–water partition coefficient (Wildman–Crippen LogP) is 16.8. The summed E-state index contributed by atoms with van der Waals surface area (Å²) >= 11 is 0. The van der Waals surface area contributed by atoms with Gasteiger partial charge in [-0.15, -0.1) is 0 Å². The number of benzene rings is 10. The van der Waals surface area contributed by atoms with E-state index in [0.717, 1.165) is 23.5 Å². The van der Waals surface area contributed by atoms with Crippen LogP contribution in [0.2, 0.25) is 13.1 Å². The van der Waals surface area contributed by atoms with Crippen LogP contribution >= 0.6 is 10.0 Å². The Morgan fingerprint density at radius 2 is 0.894 bits per heavy atom. The van der Waals surface area contributed by atoms with Crippen molar-refractivity contribution in [2.75, 3.05) is 28.6 Å². The molecule has 0 spiro atoms. The van der Waals surface area contributed by atoms with Crippen LogP contribution in [-0.2, 0) is 11.8 Å². The maximum Gasteiger partial charge on any atom is 0.0647 e. The van der Waals surface area contributed by atoms with E-state index in [1.807, 2.05) is 0 Å². The van der Waals surface area contributed by atoms with Crippen LogP contribution in [0.5, 0.6) is 0 Å². The zero-order valence-corrected chi connectivity index (χ0v) is 41.5. The van der Waals surface area contributed by atoms with Gasteiger partial charge in [0.25, 0.3) is 0 Å². The van der Waals surface area contributed by atoms with Crippen molar-refractivity contribution < 1.29 is 0 Å². The predicted molar refractivity (Wildman–Crippen MR) is 294 cm³/mol. The Morgan fingerprint density at radius 1 is 0.439 bits per heavy atom. The van der Waals surface area contributed by atoms with Crippen LogP contribution in [0.3, 0.4) is 0 Å². The topological polar surface area (TPSA) is 6.48 Å². The summed E-state index contributed by atoms with van der Waals surface area (Å²) in [5.74, 6) is 0. The Kier molecular flexibility index (Phi) is 10.2. The highest BCUT2D eigenvalue weighted by Crippen LogP contribution is 2.53. The van der Waals surface area contributed by atoms with E-state index in [0.29, 0.717) is 0 Å². The lowest BCUT2D eigenvalue weighted by Gasteiger charge is -2.36. The van der Waals surface area contributed by atoms with Gasteiger partial charge in [-0.25, -0.2) is 10.0 Å². The van der Waals surface area contributed by atoms with Gasteiger partial charge in [0, 0.05) is 34.0 Å². The van der Waals surface area contributed by atoms with Crippen molar-refractivity contribution in [3.8, 4) is 22.3 Å². The summed E-state index contributed by atoms with van der Waals surface area (Å²) in [6, 6.07) is 72.1. The normalized spacial score (nSPS) is 13.4. The molecule has 1 heterocycles. The van der Waals surface area contributed by atoms with Crippen molar-refractivity contribution in [2.45, 2.75) is 50.6 Å². The molecular formula is C62H58N2SSi. The molecule has 0 amide bonds. The summed E-state index contributed by atoms with van der Waals surface area (Å²) in [4.78, 5) is 6.54. The van der Waals surface area contributed by atoms with E-state index in [1.54, 1.807) is 0 Å². The lowest BCUT2D eigenvalue weighted by atomic mass is 9.83. The number of fused-ring (bicyclic) bond motifs is 6. The molecule has 1 aliphatic heterocycles. The Labute approximate surface area is 394 Å². The van der Waals surface area contributed by atoms with Crippen molar-refractivity contribution in [1.82, 2.24) is 0 Å². The minimum atomic E-state index is -0.934. The molecule has 10 aromatic rings. The fourth-order valence-electron chi connectivity index (χ4n) is 10.2. The van der Waals surface area contributed by atoms with Crippen LogP contribution in [0.15, 0.2) is 193 Å². The first-order valence-electron chi connectivity index (χ1n) is 23.4. The monoisotopic (exact) mass is 890 g/mol. The molecule has 0 aromatic heterocycles. The van der Waals surface area contributed by atoms with Crippen LogP contribution in [0.4, 0.5) is 34.1 Å². The summed E-state index contributed by atoms with van der Waals surface area (Å²) in [7, 11) is -1.78. The highest BCUT2D eigenvalue weighted by molar-refractivity contribution is 8.32. The van der Waals surface area contributed by atoms with Gasteiger partial charge in [0.05, 0.1) is 31.5 Å². The first-order valence-corrected chi connectivity index (χ1v) is 29.2. The van der Waals surface area contributed by atoms with Gasteiger partial charge in [-0.3, -0.25) is 0 Å². The quantitative estimate of drug-likeness (QED) is 0.121. The molecule has 0 unspecified atom stereocenters. The lowest BCUT2D eigenvalue weighted by molar-refractivity contribution is 0.591. The highest BCUT2D eigenvalue weighted by Gasteiger charge is 2.29. The van der Waals surface area contributed by atoms with Crippen LogP contribution in [0.1, 0.15) is 37.5 Å². The van der Waals surface area contributed by atoms with Crippen molar-refractivity contribution >= 4 is 90.5 Å². The van der Waals surface area contributed by atoms with E-state index in [1.165, 1.54) is 98.4 Å². The molecule has 0 aliphatic carbocycles. The number of hydrogen-bond donors (Lipinski definition) is 0. The number of nitrogens with zero attached hydrogens (tertiary/aromatic N) is 2. The van der Waals surface area contributed by atoms with Gasteiger partial charge < -0.3 is 9.80 Å². The third-order valence-corrected chi connectivity index (χ3v) is 17.3. The van der Waals surface area contributed by atoms with Gasteiger partial charge in [0.2, 0.25) is 0 Å². The molecule has 2 nitrogen and oxygen atoms in total. The van der Waals surface area contributed by atoms with E-state index in [-0.39, 0.29) is 5.41 Å². The molecule has 0 N–H and O–H groups in total. The van der Waals surface area contributed by atoms with Crippen molar-refractivity contribution in [3.05, 3.63) is 205 Å². The molecule has 4 heteroatoms. The highest BCUT2D eigenvalue weighted by atomic mass is 32.3. The minimum Gasteiger partial charge on any atom is -0.309 e. The first-order chi connectivity index (χ1) is 31.8. The van der Waals surface area contributed by atoms with Crippen LogP contribution < -0.4 is 15.0 Å². The Balaban J connectivity index is 1.27. The maximum atomic E-state index is 2.56. The van der Waals surface area contributed by atoms with Crippen LogP contribution in [0, 0.1) is 0 Å². The molecule has 66 heavy (non-hydrogen) atoms. The lowest BCUT2D eigenvalue weighted by Crippen LogP contribution is -2.21. The first kappa shape index (κ1) is 42.1. The Morgan fingerprint density at radius 3 is 1.33 bits per heavy atom. The van der Waals surface area contributed by atoms with E-state index in [2.05, 4.69) is 250 Å². The number of rotatable bonds is 6. The second-order valence-electron chi connectivity index (χ2n) is 20.4. The van der Waals surface area contributed by atoms with E-state index >= 15 is 0 Å². The molecule has 0 saturated carbocycles. The average Bonchev–Trinajstić information content (AvgIpc) is 3.32. The summed E-state index contributed by atoms with van der Waals surface area (Å²) < 4.78 is 0. The summed E-state index contributed by atoms with van der Waals surface area (Å²) in [5, 5.41) is 9.14. The zero-order valence-electron chi connectivity index (χ0n) is 39.5. The molecule has 0 radical (unpaired) electrons. The molecule has 1 aliphatic rings. The van der Waals surface area contributed by atoms with Crippen molar-refractivity contribution in [1.29, 1.82) is 0 Å². The molecule has 0 fully saturated rings. The van der Waals surface area contributed by atoms with Gasteiger partial charge in [0.15, 0.2) is 0 Å². The Hall–Kier alpha value is -6.59. The van der Waals surface area contributed by atoms with E-state index < -0.39 is 18.8 Å². The summed E-state index contributed by atoms with van der Waals surface area (Å²) in [6.45, 7) is 11.8. The molecule has 326 valence electrons. The van der Waals surface area contributed by atoms with Gasteiger partial charge in [-0.1, -0.05) is 173 Å². The molecule has 2 bridgehead atoms. The van der Waals surface area contributed by atoms with Gasteiger partial charge in [-0.05, 0) is 139 Å². The second kappa shape index (κ2) is 16.1. The van der Waals surface area contributed by atoms with Crippen LogP contribution in [-0.4, -0.2) is 27.6 Å². The van der Waals surface area contributed by atoms with Crippen LogP contribution in [0.25, 0.3) is 54.6 Å². The Bertz CT molecular complexity index is 3400. The molecule has 0 atom stereocenters. The largest absolute Gasteiger partial charge is 0.309 e. The van der Waals surface area contributed by atoms with Gasteiger partial charge >= 0.3 is 0 Å². The standard InChI is InChI=1S/C62H58N2SSi/c1-62(2,3)49-36-47-27-33-54-58-40-59(55-34-28-48(37-49)60(47)61(54)55)64(51-17-13-10-14-18-51)57-39-44(42-25-31-53(32-26-42)66(7)8)20-22-46(57)35-45-21-19-43(41-23-29-52(30-24-41)65(4,5)6)38-56(45)63(58)50-15-11-9-12-16-50/h9-34,36-40,66H,35H2,1-8H3. The van der Waals surface area contributed by atoms with Crippen molar-refractivity contribution in [3.63, 3.8) is 0 Å². The number of hydrogen-bond acceptors (Lipinski definition) is 2. The van der Waals surface area contributed by atoms with Gasteiger partial charge in [0.1, 0.15) is 0 Å². The SMILES string of the molecule is C[SiH](C)c1ccc(-c2ccc3c(c2)N(c2ccccc2)c2cc(c4ccc5cc(C(C)(C)C)cc6ccc2c4c65)N(c2ccccc2)c2cc(-c4ccc(S(C)(C)C)cc4)ccc2C3)cc1.